The van der Waals surface area contributed by atoms with Crippen LogP contribution in [0.5, 0.6) is 0 Å². The fourth-order valence-electron chi connectivity index (χ4n) is 2.23. The molecule has 2 rings (SSSR count). The quantitative estimate of drug-likeness (QED) is 0.854. The molecule has 1 aliphatic rings. The van der Waals surface area contributed by atoms with Crippen LogP contribution >= 0.6 is 0 Å². The first-order valence-electron chi connectivity index (χ1n) is 6.14. The van der Waals surface area contributed by atoms with E-state index in [1.807, 2.05) is 4.90 Å². The zero-order valence-corrected chi connectivity index (χ0v) is 10.0. The molecule has 0 bridgehead atoms. The van der Waals surface area contributed by atoms with Gasteiger partial charge in [-0.25, -0.2) is 8.78 Å². The summed E-state index contributed by atoms with van der Waals surface area (Å²) in [4.78, 5) is 1.94. The van der Waals surface area contributed by atoms with Crippen LogP contribution < -0.4 is 10.2 Å². The number of anilines is 1. The van der Waals surface area contributed by atoms with Crippen LogP contribution in [0.1, 0.15) is 19.8 Å². The van der Waals surface area contributed by atoms with Gasteiger partial charge in [-0.3, -0.25) is 0 Å². The summed E-state index contributed by atoms with van der Waals surface area (Å²) in [5, 5.41) is 3.41. The van der Waals surface area contributed by atoms with E-state index < -0.39 is 11.6 Å². The Labute approximate surface area is 101 Å². The Hall–Kier alpha value is -1.16. The Bertz CT molecular complexity index is 382. The zero-order chi connectivity index (χ0) is 12.3. The zero-order valence-electron chi connectivity index (χ0n) is 10.0. The Balaban J connectivity index is 2.22. The molecule has 1 aromatic rings. The van der Waals surface area contributed by atoms with Gasteiger partial charge in [0, 0.05) is 19.1 Å². The van der Waals surface area contributed by atoms with Gasteiger partial charge in [0.15, 0.2) is 11.6 Å². The van der Waals surface area contributed by atoms with E-state index in [4.69, 9.17) is 0 Å². The molecule has 0 aromatic heterocycles. The van der Waals surface area contributed by atoms with E-state index in [2.05, 4.69) is 12.2 Å². The molecule has 0 aliphatic carbocycles. The van der Waals surface area contributed by atoms with Crippen molar-refractivity contribution in [3.05, 3.63) is 29.8 Å². The molecular weight excluding hydrogens is 222 g/mol. The molecular formula is C13H18F2N2. The molecule has 1 aromatic carbocycles. The Morgan fingerprint density at radius 2 is 2.24 bits per heavy atom. The lowest BCUT2D eigenvalue weighted by Crippen LogP contribution is -2.37. The summed E-state index contributed by atoms with van der Waals surface area (Å²) in [5.41, 5.74) is 0.382. The van der Waals surface area contributed by atoms with Crippen LogP contribution in [0.15, 0.2) is 18.2 Å². The van der Waals surface area contributed by atoms with Crippen molar-refractivity contribution in [1.82, 2.24) is 5.32 Å². The maximum absolute atomic E-state index is 13.7. The van der Waals surface area contributed by atoms with Crippen LogP contribution in [0.4, 0.5) is 14.5 Å². The summed E-state index contributed by atoms with van der Waals surface area (Å²) in [7, 11) is 0. The maximum atomic E-state index is 13.7. The summed E-state index contributed by atoms with van der Waals surface area (Å²) in [6.45, 7) is 4.54. The van der Waals surface area contributed by atoms with E-state index in [1.54, 1.807) is 12.1 Å². The molecule has 0 radical (unpaired) electrons. The number of hydrogen-bond acceptors (Lipinski definition) is 2. The number of rotatable bonds is 2. The van der Waals surface area contributed by atoms with Gasteiger partial charge in [-0.2, -0.15) is 0 Å². The second kappa shape index (κ2) is 5.45. The van der Waals surface area contributed by atoms with Gasteiger partial charge >= 0.3 is 0 Å². The minimum atomic E-state index is -0.771. The Morgan fingerprint density at radius 1 is 1.41 bits per heavy atom. The molecule has 0 amide bonds. The number of benzene rings is 1. The van der Waals surface area contributed by atoms with Gasteiger partial charge in [0.25, 0.3) is 0 Å². The summed E-state index contributed by atoms with van der Waals surface area (Å²) in [6.07, 6.45) is 1.94. The van der Waals surface area contributed by atoms with E-state index in [0.717, 1.165) is 38.5 Å². The standard InChI is InChI=1S/C13H18F2N2/c1-2-10-9-17(8-4-7-16-10)12-6-3-5-11(14)13(12)15/h3,5-6,10,16H,2,4,7-9H2,1H3. The average Bonchev–Trinajstić information content (AvgIpc) is 2.58. The van der Waals surface area contributed by atoms with Crippen molar-refractivity contribution >= 4 is 5.69 Å². The molecule has 1 aliphatic heterocycles. The van der Waals surface area contributed by atoms with Gasteiger partial charge < -0.3 is 10.2 Å². The van der Waals surface area contributed by atoms with Crippen LogP contribution in [0.25, 0.3) is 0 Å². The van der Waals surface area contributed by atoms with Crippen molar-refractivity contribution in [1.29, 1.82) is 0 Å². The van der Waals surface area contributed by atoms with Gasteiger partial charge in [0.05, 0.1) is 5.69 Å². The molecule has 1 unspecified atom stereocenters. The first-order valence-corrected chi connectivity index (χ1v) is 6.14. The Kier molecular flexibility index (Phi) is 3.94. The van der Waals surface area contributed by atoms with Gasteiger partial charge in [0.1, 0.15) is 0 Å². The van der Waals surface area contributed by atoms with Crippen LogP contribution in [-0.2, 0) is 0 Å². The highest BCUT2D eigenvalue weighted by Crippen LogP contribution is 2.22. The largest absolute Gasteiger partial charge is 0.367 e. The predicted octanol–water partition coefficient (Wildman–Crippen LogP) is 2.54. The van der Waals surface area contributed by atoms with Crippen molar-refractivity contribution in [2.24, 2.45) is 0 Å². The molecule has 17 heavy (non-hydrogen) atoms. The van der Waals surface area contributed by atoms with Crippen LogP contribution in [0.2, 0.25) is 0 Å². The predicted molar refractivity (Wildman–Crippen MR) is 65.3 cm³/mol. The third-order valence-corrected chi connectivity index (χ3v) is 3.24. The molecule has 0 saturated carbocycles. The van der Waals surface area contributed by atoms with Crippen molar-refractivity contribution in [2.45, 2.75) is 25.8 Å². The van der Waals surface area contributed by atoms with Crippen LogP contribution in [-0.4, -0.2) is 25.7 Å². The van der Waals surface area contributed by atoms with Crippen LogP contribution in [0, 0.1) is 11.6 Å². The summed E-state index contributed by atoms with van der Waals surface area (Å²) in [5.74, 6) is -1.50. The van der Waals surface area contributed by atoms with Crippen molar-refractivity contribution < 1.29 is 8.78 Å². The monoisotopic (exact) mass is 240 g/mol. The highest BCUT2D eigenvalue weighted by atomic mass is 19.2. The normalized spacial score (nSPS) is 21.4. The van der Waals surface area contributed by atoms with Gasteiger partial charge in [-0.05, 0) is 31.5 Å². The summed E-state index contributed by atoms with van der Waals surface area (Å²) >= 11 is 0. The highest BCUT2D eigenvalue weighted by molar-refractivity contribution is 5.48. The maximum Gasteiger partial charge on any atom is 0.182 e. The first-order chi connectivity index (χ1) is 8.22. The summed E-state index contributed by atoms with van der Waals surface area (Å²) in [6, 6.07) is 4.72. The van der Waals surface area contributed by atoms with Crippen LogP contribution in [0.3, 0.4) is 0 Å². The SMILES string of the molecule is CCC1CN(c2cccc(F)c2F)CCCN1. The fourth-order valence-corrected chi connectivity index (χ4v) is 2.23. The lowest BCUT2D eigenvalue weighted by molar-refractivity contribution is 0.499. The second-order valence-corrected chi connectivity index (χ2v) is 4.43. The lowest BCUT2D eigenvalue weighted by atomic mass is 10.2. The summed E-state index contributed by atoms with van der Waals surface area (Å²) < 4.78 is 26.9. The van der Waals surface area contributed by atoms with E-state index in [1.165, 1.54) is 0 Å². The van der Waals surface area contributed by atoms with Crippen molar-refractivity contribution in [3.63, 3.8) is 0 Å². The van der Waals surface area contributed by atoms with E-state index in [0.29, 0.717) is 11.7 Å². The smallest absolute Gasteiger partial charge is 0.182 e. The third kappa shape index (κ3) is 2.75. The fraction of sp³-hybridized carbons (Fsp3) is 0.538. The van der Waals surface area contributed by atoms with Gasteiger partial charge in [0.2, 0.25) is 0 Å². The molecule has 94 valence electrons. The van der Waals surface area contributed by atoms with E-state index in [9.17, 15) is 8.78 Å². The van der Waals surface area contributed by atoms with Crippen molar-refractivity contribution in [2.75, 3.05) is 24.5 Å². The second-order valence-electron chi connectivity index (χ2n) is 4.43. The topological polar surface area (TPSA) is 15.3 Å². The molecule has 1 atom stereocenters. The molecule has 2 nitrogen and oxygen atoms in total. The average molecular weight is 240 g/mol. The molecule has 1 N–H and O–H groups in total. The first kappa shape index (κ1) is 12.3. The van der Waals surface area contributed by atoms with E-state index in [-0.39, 0.29) is 0 Å². The Morgan fingerprint density at radius 3 is 3.00 bits per heavy atom. The highest BCUT2D eigenvalue weighted by Gasteiger charge is 2.20. The molecule has 1 saturated heterocycles. The minimum absolute atomic E-state index is 0.347. The molecule has 0 spiro atoms. The molecule has 1 fully saturated rings. The van der Waals surface area contributed by atoms with Gasteiger partial charge in [-0.15, -0.1) is 0 Å². The van der Waals surface area contributed by atoms with E-state index >= 15 is 0 Å². The van der Waals surface area contributed by atoms with Crippen molar-refractivity contribution in [3.8, 4) is 0 Å². The number of nitrogens with one attached hydrogen (secondary N) is 1. The number of hydrogen-bond donors (Lipinski definition) is 1. The number of halogens is 2. The lowest BCUT2D eigenvalue weighted by Gasteiger charge is -2.26. The minimum Gasteiger partial charge on any atom is -0.367 e. The molecule has 1 heterocycles. The molecule has 4 heteroatoms. The number of nitrogens with zero attached hydrogens (tertiary/aromatic N) is 1. The third-order valence-electron chi connectivity index (χ3n) is 3.24. The van der Waals surface area contributed by atoms with Gasteiger partial charge in [-0.1, -0.05) is 13.0 Å².